The fraction of sp³-hybridized carbons (Fsp3) is 0.133. The van der Waals surface area contributed by atoms with Crippen molar-refractivity contribution in [1.82, 2.24) is 10.3 Å². The van der Waals surface area contributed by atoms with E-state index in [4.69, 9.17) is 9.47 Å². The van der Waals surface area contributed by atoms with Crippen molar-refractivity contribution in [2.75, 3.05) is 24.9 Å². The molecular weight excluding hydrogens is 560 g/mol. The molecule has 1 atom stereocenters. The molecular formula is C30H28N4O5S2. The van der Waals surface area contributed by atoms with Gasteiger partial charge in [-0.05, 0) is 67.6 Å². The van der Waals surface area contributed by atoms with Crippen LogP contribution in [0.4, 0.5) is 10.8 Å². The fourth-order valence-corrected chi connectivity index (χ4v) is 5.01. The highest BCUT2D eigenvalue weighted by atomic mass is 32.2. The minimum absolute atomic E-state index is 0.0105. The maximum atomic E-state index is 13.4. The van der Waals surface area contributed by atoms with E-state index in [1.54, 1.807) is 72.2 Å². The van der Waals surface area contributed by atoms with Crippen molar-refractivity contribution in [1.29, 1.82) is 0 Å². The number of aromatic nitrogens is 1. The molecule has 4 aromatic rings. The average molecular weight is 589 g/mol. The summed E-state index contributed by atoms with van der Waals surface area (Å²) in [7, 11) is 3.06. The van der Waals surface area contributed by atoms with Gasteiger partial charge in [-0.2, -0.15) is 0 Å². The lowest BCUT2D eigenvalue weighted by atomic mass is 10.1. The van der Waals surface area contributed by atoms with Crippen LogP contribution in [0.15, 0.2) is 95.0 Å². The molecule has 0 saturated heterocycles. The Labute approximate surface area is 246 Å². The Hall–Kier alpha value is -4.61. The molecule has 0 aliphatic heterocycles. The third-order valence-corrected chi connectivity index (χ3v) is 7.52. The summed E-state index contributed by atoms with van der Waals surface area (Å²) in [5.74, 6) is -0.0612. The molecule has 0 aliphatic rings. The maximum Gasteiger partial charge on any atom is 0.272 e. The first-order chi connectivity index (χ1) is 19.9. The number of amides is 3. The lowest BCUT2D eigenvalue weighted by molar-refractivity contribution is -0.115. The second kappa shape index (κ2) is 14.1. The van der Waals surface area contributed by atoms with E-state index in [2.05, 4.69) is 20.9 Å². The molecule has 0 spiro atoms. The number of nitrogens with one attached hydrogen (secondary N) is 3. The number of nitrogens with zero attached hydrogens (tertiary/aromatic N) is 1. The van der Waals surface area contributed by atoms with Crippen LogP contribution in [0.3, 0.4) is 0 Å². The Morgan fingerprint density at radius 2 is 1.71 bits per heavy atom. The molecule has 3 N–H and O–H groups in total. The summed E-state index contributed by atoms with van der Waals surface area (Å²) in [6.07, 6.45) is 3.16. The molecule has 41 heavy (non-hydrogen) atoms. The van der Waals surface area contributed by atoms with E-state index < -0.39 is 11.8 Å². The van der Waals surface area contributed by atoms with Gasteiger partial charge >= 0.3 is 0 Å². The number of thiazole rings is 1. The van der Waals surface area contributed by atoms with Crippen molar-refractivity contribution >= 4 is 57.7 Å². The zero-order valence-electron chi connectivity index (χ0n) is 22.5. The van der Waals surface area contributed by atoms with E-state index in [0.29, 0.717) is 33.4 Å². The summed E-state index contributed by atoms with van der Waals surface area (Å²) in [6, 6.07) is 20.8. The summed E-state index contributed by atoms with van der Waals surface area (Å²) >= 11 is 2.74. The third kappa shape index (κ3) is 8.19. The van der Waals surface area contributed by atoms with Crippen LogP contribution in [-0.2, 0) is 9.59 Å². The van der Waals surface area contributed by atoms with Crippen LogP contribution in [0.25, 0.3) is 6.08 Å². The number of ether oxygens (including phenoxy) is 2. The van der Waals surface area contributed by atoms with Crippen LogP contribution in [0, 0.1) is 0 Å². The van der Waals surface area contributed by atoms with Gasteiger partial charge in [0.2, 0.25) is 5.91 Å². The molecule has 0 aliphatic carbocycles. The van der Waals surface area contributed by atoms with Crippen molar-refractivity contribution in [3.05, 3.63) is 101 Å². The Morgan fingerprint density at radius 1 is 0.951 bits per heavy atom. The molecule has 1 aromatic heterocycles. The quantitative estimate of drug-likeness (QED) is 0.152. The Kier molecular flexibility index (Phi) is 10.1. The molecule has 1 heterocycles. The van der Waals surface area contributed by atoms with Gasteiger partial charge in [0.05, 0.1) is 19.5 Å². The number of benzene rings is 3. The number of carbonyl (C=O) groups is 3. The second-order valence-electron chi connectivity index (χ2n) is 8.55. The zero-order chi connectivity index (χ0) is 29.2. The van der Waals surface area contributed by atoms with Crippen LogP contribution in [0.1, 0.15) is 22.8 Å². The molecule has 0 bridgehead atoms. The van der Waals surface area contributed by atoms with Crippen LogP contribution in [-0.4, -0.2) is 42.2 Å². The first-order valence-electron chi connectivity index (χ1n) is 12.4. The molecule has 0 radical (unpaired) electrons. The van der Waals surface area contributed by atoms with Gasteiger partial charge in [0, 0.05) is 33.3 Å². The van der Waals surface area contributed by atoms with E-state index in [-0.39, 0.29) is 16.9 Å². The van der Waals surface area contributed by atoms with Crippen LogP contribution in [0.5, 0.6) is 11.5 Å². The molecule has 0 fully saturated rings. The zero-order valence-corrected chi connectivity index (χ0v) is 24.2. The highest BCUT2D eigenvalue weighted by molar-refractivity contribution is 8.00. The van der Waals surface area contributed by atoms with Crippen molar-refractivity contribution < 1.29 is 23.9 Å². The topological polar surface area (TPSA) is 119 Å². The number of carbonyl (C=O) groups excluding carboxylic acids is 3. The molecule has 11 heteroatoms. The molecule has 1 unspecified atom stereocenters. The van der Waals surface area contributed by atoms with Crippen molar-refractivity contribution in [3.8, 4) is 11.5 Å². The van der Waals surface area contributed by atoms with Crippen LogP contribution in [0.2, 0.25) is 0 Å². The van der Waals surface area contributed by atoms with Gasteiger partial charge in [-0.3, -0.25) is 14.4 Å². The molecule has 0 saturated carbocycles. The van der Waals surface area contributed by atoms with E-state index in [9.17, 15) is 14.4 Å². The van der Waals surface area contributed by atoms with Crippen molar-refractivity contribution in [2.24, 2.45) is 0 Å². The lowest BCUT2D eigenvalue weighted by Crippen LogP contribution is -2.30. The van der Waals surface area contributed by atoms with Gasteiger partial charge in [0.15, 0.2) is 5.13 Å². The third-order valence-electron chi connectivity index (χ3n) is 5.72. The number of hydrogen-bond acceptors (Lipinski definition) is 8. The predicted octanol–water partition coefficient (Wildman–Crippen LogP) is 5.69. The highest BCUT2D eigenvalue weighted by Gasteiger charge is 2.18. The molecule has 3 amide bonds. The van der Waals surface area contributed by atoms with E-state index in [0.717, 1.165) is 4.90 Å². The van der Waals surface area contributed by atoms with Crippen molar-refractivity contribution in [3.63, 3.8) is 0 Å². The van der Waals surface area contributed by atoms with E-state index in [1.165, 1.54) is 43.4 Å². The molecule has 3 aromatic carbocycles. The second-order valence-corrected chi connectivity index (χ2v) is 10.9. The van der Waals surface area contributed by atoms with Gasteiger partial charge < -0.3 is 25.4 Å². The summed E-state index contributed by atoms with van der Waals surface area (Å²) in [4.78, 5) is 43.7. The average Bonchev–Trinajstić information content (AvgIpc) is 3.51. The van der Waals surface area contributed by atoms with Gasteiger partial charge in [-0.25, -0.2) is 4.98 Å². The lowest BCUT2D eigenvalue weighted by Gasteiger charge is -2.14. The normalized spacial score (nSPS) is 11.7. The first kappa shape index (κ1) is 29.4. The van der Waals surface area contributed by atoms with Gasteiger partial charge in [-0.1, -0.05) is 18.2 Å². The minimum Gasteiger partial charge on any atom is -0.497 e. The SMILES string of the molecule is COc1ccc(OC)c(/C=C(\NC(=O)c2ccccc2)C(=O)Nc2ccc(SC(C)C(=O)Nc3nccs3)cc2)c1. The Bertz CT molecular complexity index is 1520. The first-order valence-corrected chi connectivity index (χ1v) is 14.2. The van der Waals surface area contributed by atoms with Crippen molar-refractivity contribution in [2.45, 2.75) is 17.1 Å². The number of hydrogen-bond donors (Lipinski definition) is 3. The van der Waals surface area contributed by atoms with E-state index in [1.807, 2.05) is 19.1 Å². The van der Waals surface area contributed by atoms with E-state index >= 15 is 0 Å². The minimum atomic E-state index is -0.532. The van der Waals surface area contributed by atoms with Crippen LogP contribution >= 0.6 is 23.1 Å². The van der Waals surface area contributed by atoms with Gasteiger partial charge in [0.25, 0.3) is 11.8 Å². The number of methoxy groups -OCH3 is 2. The monoisotopic (exact) mass is 588 g/mol. The summed E-state index contributed by atoms with van der Waals surface area (Å²) in [5, 5.41) is 10.3. The predicted molar refractivity (Wildman–Crippen MR) is 163 cm³/mol. The summed E-state index contributed by atoms with van der Waals surface area (Å²) in [6.45, 7) is 1.81. The Balaban J connectivity index is 1.51. The molecule has 4 rings (SSSR count). The number of rotatable bonds is 11. The van der Waals surface area contributed by atoms with Crippen LogP contribution < -0.4 is 25.4 Å². The number of thioether (sulfide) groups is 1. The summed E-state index contributed by atoms with van der Waals surface area (Å²) in [5.41, 5.74) is 1.47. The Morgan fingerprint density at radius 3 is 2.37 bits per heavy atom. The van der Waals surface area contributed by atoms with Gasteiger partial charge in [0.1, 0.15) is 17.2 Å². The number of anilines is 2. The fourth-order valence-electron chi connectivity index (χ4n) is 3.62. The standard InChI is InChI=1S/C30H28N4O5S2/c1-19(27(35)34-30-31-15-16-40-30)41-24-12-9-22(10-13-24)32-29(37)25(33-28(36)20-7-5-4-6-8-20)18-21-17-23(38-2)11-14-26(21)39-3/h4-19H,1-3H3,(H,32,37)(H,33,36)(H,31,34,35)/b25-18-. The molecule has 9 nitrogen and oxygen atoms in total. The molecule has 210 valence electrons. The highest BCUT2D eigenvalue weighted by Crippen LogP contribution is 2.28. The smallest absolute Gasteiger partial charge is 0.272 e. The van der Waals surface area contributed by atoms with Gasteiger partial charge in [-0.15, -0.1) is 23.1 Å². The largest absolute Gasteiger partial charge is 0.497 e. The summed E-state index contributed by atoms with van der Waals surface area (Å²) < 4.78 is 10.8. The maximum absolute atomic E-state index is 13.4.